The maximum absolute atomic E-state index is 13.1. The lowest BCUT2D eigenvalue weighted by molar-refractivity contribution is -0.140. The predicted molar refractivity (Wildman–Crippen MR) is 115 cm³/mol. The Hall–Kier alpha value is -1.75. The van der Waals surface area contributed by atoms with E-state index in [0.717, 1.165) is 11.1 Å². The fourth-order valence-electron chi connectivity index (χ4n) is 2.70. The van der Waals surface area contributed by atoms with Gasteiger partial charge in [-0.25, -0.2) is 0 Å². The molecule has 0 aliphatic heterocycles. The molecule has 150 valence electrons. The number of hydrogen-bond acceptors (Lipinski definition) is 2. The summed E-state index contributed by atoms with van der Waals surface area (Å²) in [6.07, 6.45) is 0.115. The fraction of sp³-hybridized carbons (Fsp3) is 0.333. The molecule has 28 heavy (non-hydrogen) atoms. The monoisotopic (exact) mass is 440 g/mol. The summed E-state index contributed by atoms with van der Waals surface area (Å²) in [7, 11) is 0. The molecule has 0 bridgehead atoms. The molecule has 0 radical (unpaired) electrons. The Morgan fingerprint density at radius 3 is 2.11 bits per heavy atom. The molecule has 0 heterocycles. The van der Waals surface area contributed by atoms with Gasteiger partial charge in [-0.2, -0.15) is 0 Å². The van der Waals surface area contributed by atoms with Crippen molar-refractivity contribution >= 4 is 46.6 Å². The van der Waals surface area contributed by atoms with Crippen LogP contribution in [0.15, 0.2) is 42.5 Å². The number of amides is 2. The van der Waals surface area contributed by atoms with Gasteiger partial charge in [-0.05, 0) is 56.2 Å². The van der Waals surface area contributed by atoms with E-state index >= 15 is 0 Å². The van der Waals surface area contributed by atoms with Gasteiger partial charge in [-0.1, -0.05) is 53.0 Å². The molecule has 1 N–H and O–H groups in total. The minimum absolute atomic E-state index is 0.0162. The predicted octanol–water partition coefficient (Wildman–Crippen LogP) is 5.13. The molecular formula is C21H23Cl3N2O2. The minimum Gasteiger partial charge on any atom is -0.352 e. The highest BCUT2D eigenvalue weighted by Gasteiger charge is 2.26. The van der Waals surface area contributed by atoms with Gasteiger partial charge >= 0.3 is 0 Å². The van der Waals surface area contributed by atoms with Gasteiger partial charge in [-0.15, -0.1) is 0 Å². The Kier molecular flexibility index (Phi) is 8.17. The van der Waals surface area contributed by atoms with Gasteiger partial charge in [0.25, 0.3) is 0 Å². The highest BCUT2D eigenvalue weighted by atomic mass is 35.5. The number of carbonyl (C=O) groups excluding carboxylic acids is 2. The Labute approximate surface area is 180 Å². The fourth-order valence-corrected chi connectivity index (χ4v) is 3.15. The van der Waals surface area contributed by atoms with Crippen LogP contribution in [0.4, 0.5) is 0 Å². The van der Waals surface area contributed by atoms with E-state index in [9.17, 15) is 9.59 Å². The lowest BCUT2D eigenvalue weighted by Crippen LogP contribution is -2.49. The third-order valence-electron chi connectivity index (χ3n) is 4.20. The lowest BCUT2D eigenvalue weighted by atomic mass is 10.1. The molecule has 0 fully saturated rings. The van der Waals surface area contributed by atoms with E-state index in [4.69, 9.17) is 34.8 Å². The van der Waals surface area contributed by atoms with Crippen molar-refractivity contribution in [3.05, 3.63) is 68.7 Å². The summed E-state index contributed by atoms with van der Waals surface area (Å²) >= 11 is 18.0. The van der Waals surface area contributed by atoms with Crippen LogP contribution in [0.3, 0.4) is 0 Å². The Balaban J connectivity index is 2.24. The van der Waals surface area contributed by atoms with Gasteiger partial charge in [0.1, 0.15) is 6.04 Å². The third-order valence-corrected chi connectivity index (χ3v) is 5.19. The van der Waals surface area contributed by atoms with Gasteiger partial charge < -0.3 is 10.2 Å². The molecule has 2 rings (SSSR count). The third kappa shape index (κ3) is 6.40. The number of rotatable bonds is 7. The highest BCUT2D eigenvalue weighted by molar-refractivity contribution is 6.42. The van der Waals surface area contributed by atoms with Crippen LogP contribution >= 0.6 is 34.8 Å². The second-order valence-corrected chi connectivity index (χ2v) is 8.16. The molecule has 0 saturated carbocycles. The highest BCUT2D eigenvalue weighted by Crippen LogP contribution is 2.23. The van der Waals surface area contributed by atoms with Gasteiger partial charge in [0, 0.05) is 17.6 Å². The maximum Gasteiger partial charge on any atom is 0.242 e. The number of hydrogen-bond donors (Lipinski definition) is 1. The van der Waals surface area contributed by atoms with Crippen LogP contribution in [0, 0.1) is 0 Å². The number of nitrogens with zero attached hydrogens (tertiary/aromatic N) is 1. The van der Waals surface area contributed by atoms with Crippen LogP contribution in [0.2, 0.25) is 15.1 Å². The second kappa shape index (κ2) is 10.1. The molecule has 0 saturated heterocycles. The summed E-state index contributed by atoms with van der Waals surface area (Å²) in [6.45, 7) is 5.78. The van der Waals surface area contributed by atoms with Gasteiger partial charge in [-0.3, -0.25) is 9.59 Å². The summed E-state index contributed by atoms with van der Waals surface area (Å²) in [5.74, 6) is -0.383. The van der Waals surface area contributed by atoms with Crippen molar-refractivity contribution in [1.82, 2.24) is 10.2 Å². The molecule has 1 atom stereocenters. The van der Waals surface area contributed by atoms with Crippen LogP contribution in [0.25, 0.3) is 0 Å². The molecule has 4 nitrogen and oxygen atoms in total. The largest absolute Gasteiger partial charge is 0.352 e. The smallest absolute Gasteiger partial charge is 0.242 e. The van der Waals surface area contributed by atoms with Crippen molar-refractivity contribution in [3.63, 3.8) is 0 Å². The molecule has 0 aliphatic rings. The lowest BCUT2D eigenvalue weighted by Gasteiger charge is -2.29. The standard InChI is InChI=1S/C21H23Cl3N2O2/c1-13(2)25-21(28)14(3)26(12-15-4-7-17(22)8-5-15)20(27)11-16-6-9-18(23)19(24)10-16/h4-10,13-14H,11-12H2,1-3H3,(H,25,28)/t14-/m0/s1. The van der Waals surface area contributed by atoms with Gasteiger partial charge in [0.05, 0.1) is 16.5 Å². The number of benzene rings is 2. The zero-order valence-corrected chi connectivity index (χ0v) is 18.3. The zero-order valence-electron chi connectivity index (χ0n) is 16.0. The summed E-state index contributed by atoms with van der Waals surface area (Å²) in [5, 5.41) is 4.30. The molecule has 0 aliphatic carbocycles. The van der Waals surface area contributed by atoms with Crippen LogP contribution < -0.4 is 5.32 Å². The van der Waals surface area contributed by atoms with E-state index in [1.807, 2.05) is 26.0 Å². The van der Waals surface area contributed by atoms with Crippen molar-refractivity contribution < 1.29 is 9.59 Å². The first-order valence-electron chi connectivity index (χ1n) is 8.95. The summed E-state index contributed by atoms with van der Waals surface area (Å²) in [5.41, 5.74) is 1.62. The van der Waals surface area contributed by atoms with E-state index in [-0.39, 0.29) is 24.3 Å². The first-order chi connectivity index (χ1) is 13.2. The Bertz CT molecular complexity index is 838. The minimum atomic E-state index is -0.631. The first-order valence-corrected chi connectivity index (χ1v) is 10.1. The van der Waals surface area contributed by atoms with E-state index in [1.165, 1.54) is 0 Å². The number of nitrogens with one attached hydrogen (secondary N) is 1. The second-order valence-electron chi connectivity index (χ2n) is 6.91. The molecule has 0 spiro atoms. The van der Waals surface area contributed by atoms with Crippen molar-refractivity contribution in [1.29, 1.82) is 0 Å². The normalized spacial score (nSPS) is 12.0. The van der Waals surface area contributed by atoms with Crippen LogP contribution in [0.5, 0.6) is 0 Å². The van der Waals surface area contributed by atoms with E-state index in [2.05, 4.69) is 5.32 Å². The van der Waals surface area contributed by atoms with Crippen molar-refractivity contribution in [2.45, 2.75) is 45.8 Å². The Morgan fingerprint density at radius 2 is 1.54 bits per heavy atom. The Morgan fingerprint density at radius 1 is 0.929 bits per heavy atom. The average molecular weight is 442 g/mol. The first kappa shape index (κ1) is 22.5. The molecule has 2 aromatic rings. The molecule has 0 aromatic heterocycles. The van der Waals surface area contributed by atoms with Gasteiger partial charge in [0.2, 0.25) is 11.8 Å². The average Bonchev–Trinajstić information content (AvgIpc) is 2.63. The number of carbonyl (C=O) groups is 2. The zero-order chi connectivity index (χ0) is 20.8. The van der Waals surface area contributed by atoms with Gasteiger partial charge in [0.15, 0.2) is 0 Å². The van der Waals surface area contributed by atoms with Crippen LogP contribution in [0.1, 0.15) is 31.9 Å². The quantitative estimate of drug-likeness (QED) is 0.647. The van der Waals surface area contributed by atoms with Crippen LogP contribution in [-0.4, -0.2) is 28.8 Å². The summed E-state index contributed by atoms with van der Waals surface area (Å²) in [6, 6.07) is 11.6. The molecular weight excluding hydrogens is 419 g/mol. The van der Waals surface area contributed by atoms with E-state index < -0.39 is 6.04 Å². The molecule has 7 heteroatoms. The molecule has 0 unspecified atom stereocenters. The molecule has 2 amide bonds. The maximum atomic E-state index is 13.1. The van der Waals surface area contributed by atoms with E-state index in [0.29, 0.717) is 21.6 Å². The van der Waals surface area contributed by atoms with E-state index in [1.54, 1.807) is 42.2 Å². The molecule has 2 aromatic carbocycles. The number of halogens is 3. The van der Waals surface area contributed by atoms with Crippen LogP contribution in [-0.2, 0) is 22.6 Å². The van der Waals surface area contributed by atoms with Crippen molar-refractivity contribution in [3.8, 4) is 0 Å². The topological polar surface area (TPSA) is 49.4 Å². The SMILES string of the molecule is CC(C)NC(=O)[C@H](C)N(Cc1ccc(Cl)cc1)C(=O)Cc1ccc(Cl)c(Cl)c1. The van der Waals surface area contributed by atoms with Crippen molar-refractivity contribution in [2.24, 2.45) is 0 Å². The van der Waals surface area contributed by atoms with Crippen molar-refractivity contribution in [2.75, 3.05) is 0 Å². The summed E-state index contributed by atoms with van der Waals surface area (Å²) in [4.78, 5) is 27.1. The summed E-state index contributed by atoms with van der Waals surface area (Å²) < 4.78 is 0.